The predicted molar refractivity (Wildman–Crippen MR) is 108 cm³/mol. The van der Waals surface area contributed by atoms with Gasteiger partial charge in [0.25, 0.3) is 0 Å². The van der Waals surface area contributed by atoms with Gasteiger partial charge in [-0.05, 0) is 50.2 Å². The summed E-state index contributed by atoms with van der Waals surface area (Å²) in [6.45, 7) is 4.27. The molecule has 0 aliphatic carbocycles. The highest BCUT2D eigenvalue weighted by molar-refractivity contribution is 6.31. The fourth-order valence-corrected chi connectivity index (χ4v) is 2.23. The Labute approximate surface area is 184 Å². The minimum Gasteiger partial charge on any atom is -0.399 e. The van der Waals surface area contributed by atoms with E-state index in [0.717, 1.165) is 24.3 Å². The van der Waals surface area contributed by atoms with E-state index in [0.29, 0.717) is 0 Å². The highest BCUT2D eigenvalue weighted by Crippen LogP contribution is 2.36. The molecule has 0 unspecified atom stereocenters. The quantitative estimate of drug-likeness (QED) is 0.339. The van der Waals surface area contributed by atoms with E-state index in [-0.39, 0.29) is 22.2 Å². The summed E-state index contributed by atoms with van der Waals surface area (Å²) in [5, 5.41) is 1.52. The van der Waals surface area contributed by atoms with Gasteiger partial charge in [0.05, 0.1) is 21.2 Å². The fraction of sp³-hybridized carbons (Fsp3) is 0.263. The molecule has 0 spiro atoms. The maximum atomic E-state index is 12.4. The van der Waals surface area contributed by atoms with Crippen molar-refractivity contribution in [2.24, 2.45) is 0 Å². The molecule has 1 amide bonds. The molecule has 0 atom stereocenters. The summed E-state index contributed by atoms with van der Waals surface area (Å²) in [7, 11) is 0. The second-order valence-electron chi connectivity index (χ2n) is 6.02. The van der Waals surface area contributed by atoms with E-state index in [1.165, 1.54) is 32.9 Å². The van der Waals surface area contributed by atoms with Crippen LogP contribution in [0.1, 0.15) is 31.9 Å². The molecule has 0 saturated heterocycles. The molecule has 0 aromatic heterocycles. The number of alkyl halides is 6. The van der Waals surface area contributed by atoms with Gasteiger partial charge in [0.2, 0.25) is 5.91 Å². The van der Waals surface area contributed by atoms with Gasteiger partial charge >= 0.3 is 12.4 Å². The van der Waals surface area contributed by atoms with Crippen LogP contribution < -0.4 is 11.1 Å². The van der Waals surface area contributed by atoms with Gasteiger partial charge in [0, 0.05) is 18.3 Å². The van der Waals surface area contributed by atoms with Gasteiger partial charge in [-0.1, -0.05) is 23.2 Å². The number of benzene rings is 2. The van der Waals surface area contributed by atoms with E-state index < -0.39 is 34.4 Å². The number of halogens is 8. The molecule has 4 nitrogen and oxygen atoms in total. The molecular weight excluding hydrogens is 473 g/mol. The molecule has 0 heterocycles. The Hall–Kier alpha value is -2.46. The number of rotatable bonds is 1. The predicted octanol–water partition coefficient (Wildman–Crippen LogP) is 6.85. The first kappa shape index (κ1) is 28.5. The molecule has 0 bridgehead atoms. The van der Waals surface area contributed by atoms with Crippen molar-refractivity contribution in [2.45, 2.75) is 33.1 Å². The topological polar surface area (TPSA) is 72.2 Å². The molecule has 2 aromatic rings. The van der Waals surface area contributed by atoms with Gasteiger partial charge < -0.3 is 15.8 Å². The standard InChI is InChI=1S/C9H7ClF3NO.C7H5ClF3N.C3H6O/c1-5(15)14-6-2-3-8(10)7(4-6)9(11,12)13;8-6-2-1-4(12)3-5(6)7(9,10)11;1-3(2)4/h2-4H,1H3,(H,14,15);1-3H,12H2;1-2H3. The Morgan fingerprint density at radius 1 is 0.806 bits per heavy atom. The molecule has 0 aliphatic rings. The van der Waals surface area contributed by atoms with E-state index >= 15 is 0 Å². The van der Waals surface area contributed by atoms with Crippen LogP contribution in [0.5, 0.6) is 0 Å². The Morgan fingerprint density at radius 2 is 1.19 bits per heavy atom. The van der Waals surface area contributed by atoms with Crippen molar-refractivity contribution in [3.8, 4) is 0 Å². The van der Waals surface area contributed by atoms with Crippen LogP contribution in [0.4, 0.5) is 37.7 Å². The Balaban J connectivity index is 0.000000504. The minimum absolute atomic E-state index is 0.0479. The zero-order valence-electron chi connectivity index (χ0n) is 16.4. The summed E-state index contributed by atoms with van der Waals surface area (Å²) in [5.74, 6) is -0.273. The van der Waals surface area contributed by atoms with Crippen LogP contribution in [0, 0.1) is 0 Å². The number of carbonyl (C=O) groups excluding carboxylic acids is 2. The normalized spacial score (nSPS) is 10.8. The lowest BCUT2D eigenvalue weighted by atomic mass is 10.2. The number of hydrogen-bond donors (Lipinski definition) is 2. The van der Waals surface area contributed by atoms with Crippen molar-refractivity contribution in [1.82, 2.24) is 0 Å². The second kappa shape index (κ2) is 11.8. The SMILES string of the molecule is CC(=O)Nc1ccc(Cl)c(C(F)(F)F)c1.CC(C)=O.Nc1ccc(Cl)c(C(F)(F)F)c1. The summed E-state index contributed by atoms with van der Waals surface area (Å²) in [6.07, 6.45) is -8.96. The summed E-state index contributed by atoms with van der Waals surface area (Å²) in [4.78, 5) is 20.1. The van der Waals surface area contributed by atoms with Crippen LogP contribution in [-0.4, -0.2) is 11.7 Å². The zero-order valence-corrected chi connectivity index (χ0v) is 17.9. The maximum Gasteiger partial charge on any atom is 0.417 e. The van der Waals surface area contributed by atoms with Crippen molar-refractivity contribution < 1.29 is 35.9 Å². The minimum atomic E-state index is -4.52. The number of ketones is 1. The van der Waals surface area contributed by atoms with E-state index in [1.807, 2.05) is 0 Å². The number of Topliss-reactive ketones (excluding diaryl/α,β-unsaturated/α-hetero) is 1. The van der Waals surface area contributed by atoms with Gasteiger partial charge in [0.15, 0.2) is 0 Å². The Kier molecular flexibility index (Phi) is 10.9. The number of nitrogens with one attached hydrogen (secondary N) is 1. The van der Waals surface area contributed by atoms with E-state index in [4.69, 9.17) is 28.9 Å². The lowest BCUT2D eigenvalue weighted by molar-refractivity contribution is -0.138. The molecule has 172 valence electrons. The van der Waals surface area contributed by atoms with Crippen LogP contribution in [0.15, 0.2) is 36.4 Å². The third-order valence-electron chi connectivity index (χ3n) is 2.89. The van der Waals surface area contributed by atoms with Crippen molar-refractivity contribution in [3.05, 3.63) is 57.6 Å². The first-order valence-corrected chi connectivity index (χ1v) is 8.94. The molecular formula is C19H18Cl2F6N2O2. The molecule has 12 heteroatoms. The Morgan fingerprint density at radius 3 is 1.55 bits per heavy atom. The van der Waals surface area contributed by atoms with Gasteiger partial charge in [-0.25, -0.2) is 0 Å². The van der Waals surface area contributed by atoms with Crippen molar-refractivity contribution in [1.29, 1.82) is 0 Å². The van der Waals surface area contributed by atoms with Crippen LogP contribution >= 0.6 is 23.2 Å². The maximum absolute atomic E-state index is 12.4. The summed E-state index contributed by atoms with van der Waals surface area (Å²) < 4.78 is 73.4. The second-order valence-corrected chi connectivity index (χ2v) is 6.83. The number of anilines is 2. The molecule has 3 N–H and O–H groups in total. The molecule has 2 aromatic carbocycles. The van der Waals surface area contributed by atoms with Crippen LogP contribution in [0.25, 0.3) is 0 Å². The number of nitrogen functional groups attached to an aromatic ring is 1. The highest BCUT2D eigenvalue weighted by atomic mass is 35.5. The molecule has 2 rings (SSSR count). The monoisotopic (exact) mass is 490 g/mol. The van der Waals surface area contributed by atoms with E-state index in [9.17, 15) is 35.9 Å². The van der Waals surface area contributed by atoms with Crippen LogP contribution in [-0.2, 0) is 21.9 Å². The zero-order chi connectivity index (χ0) is 24.6. The van der Waals surface area contributed by atoms with Crippen LogP contribution in [0.2, 0.25) is 10.0 Å². The van der Waals surface area contributed by atoms with Crippen molar-refractivity contribution in [3.63, 3.8) is 0 Å². The lowest BCUT2D eigenvalue weighted by Gasteiger charge is -2.10. The molecule has 0 aliphatic heterocycles. The van der Waals surface area contributed by atoms with Gasteiger partial charge in [-0.3, -0.25) is 4.79 Å². The average Bonchev–Trinajstić information content (AvgIpc) is 2.56. The molecule has 31 heavy (non-hydrogen) atoms. The molecule has 0 saturated carbocycles. The van der Waals surface area contributed by atoms with Crippen molar-refractivity contribution >= 4 is 46.3 Å². The lowest BCUT2D eigenvalue weighted by Crippen LogP contribution is -2.09. The number of carbonyl (C=O) groups is 2. The fourth-order valence-electron chi connectivity index (χ4n) is 1.78. The summed E-state index contributed by atoms with van der Waals surface area (Å²) >= 11 is 10.7. The smallest absolute Gasteiger partial charge is 0.399 e. The van der Waals surface area contributed by atoms with Gasteiger partial charge in [-0.15, -0.1) is 0 Å². The first-order chi connectivity index (χ1) is 13.9. The van der Waals surface area contributed by atoms with Crippen molar-refractivity contribution in [2.75, 3.05) is 11.1 Å². The summed E-state index contributed by atoms with van der Waals surface area (Å²) in [6, 6.07) is 6.44. The van der Waals surface area contributed by atoms with Crippen LogP contribution in [0.3, 0.4) is 0 Å². The summed E-state index contributed by atoms with van der Waals surface area (Å²) in [5.41, 5.74) is 3.42. The largest absolute Gasteiger partial charge is 0.417 e. The highest BCUT2D eigenvalue weighted by Gasteiger charge is 2.34. The number of nitrogens with two attached hydrogens (primary N) is 1. The van der Waals surface area contributed by atoms with E-state index in [1.54, 1.807) is 0 Å². The number of hydrogen-bond acceptors (Lipinski definition) is 3. The third-order valence-corrected chi connectivity index (χ3v) is 3.55. The number of amides is 1. The Bertz CT molecular complexity index is 911. The third kappa shape index (κ3) is 11.5. The molecule has 0 radical (unpaired) electrons. The van der Waals surface area contributed by atoms with Gasteiger partial charge in [0.1, 0.15) is 5.78 Å². The van der Waals surface area contributed by atoms with Gasteiger partial charge in [-0.2, -0.15) is 26.3 Å². The van der Waals surface area contributed by atoms with E-state index in [2.05, 4.69) is 5.32 Å². The first-order valence-electron chi connectivity index (χ1n) is 8.18. The average molecular weight is 491 g/mol. The molecule has 0 fully saturated rings.